The molecule has 0 aromatic heterocycles. The Hall–Kier alpha value is -2.34. The van der Waals surface area contributed by atoms with E-state index >= 15 is 0 Å². The van der Waals surface area contributed by atoms with Crippen molar-refractivity contribution in [1.29, 1.82) is 0 Å². The molecule has 0 aliphatic heterocycles. The lowest BCUT2D eigenvalue weighted by molar-refractivity contribution is -0.119. The fourth-order valence-corrected chi connectivity index (χ4v) is 3.56. The molecule has 0 heterocycles. The second-order valence-electron chi connectivity index (χ2n) is 5.42. The van der Waals surface area contributed by atoms with Gasteiger partial charge in [-0.1, -0.05) is 29.8 Å². The molecule has 2 rings (SSSR count). The molecule has 2 aromatic rings. The summed E-state index contributed by atoms with van der Waals surface area (Å²) < 4.78 is 27.5. The van der Waals surface area contributed by atoms with Gasteiger partial charge in [-0.2, -0.15) is 0 Å². The van der Waals surface area contributed by atoms with Crippen molar-refractivity contribution in [3.63, 3.8) is 0 Å². The largest absolute Gasteiger partial charge is 0.359 e. The first-order valence-electron chi connectivity index (χ1n) is 7.21. The summed E-state index contributed by atoms with van der Waals surface area (Å²) in [6, 6.07) is 12.0. The number of benzene rings is 2. The van der Waals surface area contributed by atoms with Gasteiger partial charge < -0.3 is 5.32 Å². The maximum Gasteiger partial charge on any atom is 0.262 e. The lowest BCUT2D eigenvalue weighted by Crippen LogP contribution is -2.20. The number of carbonyl (C=O) groups excluding carboxylic acids is 1. The Kier molecular flexibility index (Phi) is 5.05. The van der Waals surface area contributed by atoms with Crippen LogP contribution in [0.5, 0.6) is 0 Å². The monoisotopic (exact) mass is 332 g/mol. The summed E-state index contributed by atoms with van der Waals surface area (Å²) in [6.45, 7) is 3.69. The molecule has 0 aliphatic carbocycles. The van der Waals surface area contributed by atoms with Gasteiger partial charge in [0.1, 0.15) is 0 Å². The fraction of sp³-hybridized carbons (Fsp3) is 0.235. The molecule has 122 valence electrons. The van der Waals surface area contributed by atoms with Gasteiger partial charge in [0.15, 0.2) is 0 Å². The van der Waals surface area contributed by atoms with Crippen molar-refractivity contribution >= 4 is 21.6 Å². The van der Waals surface area contributed by atoms with E-state index in [1.165, 1.54) is 0 Å². The summed E-state index contributed by atoms with van der Waals surface area (Å²) in [5.74, 6) is -0.0892. The van der Waals surface area contributed by atoms with E-state index in [4.69, 9.17) is 0 Å². The Bertz CT molecular complexity index is 812. The average molecular weight is 332 g/mol. The zero-order valence-electron chi connectivity index (χ0n) is 13.4. The Balaban J connectivity index is 2.19. The van der Waals surface area contributed by atoms with Crippen LogP contribution in [0.25, 0.3) is 0 Å². The topological polar surface area (TPSA) is 75.3 Å². The molecule has 0 saturated heterocycles. The first-order chi connectivity index (χ1) is 10.8. The van der Waals surface area contributed by atoms with Crippen LogP contribution in [-0.2, 0) is 21.2 Å². The van der Waals surface area contributed by atoms with Gasteiger partial charge in [-0.3, -0.25) is 9.52 Å². The number of anilines is 1. The molecule has 0 atom stereocenters. The zero-order valence-corrected chi connectivity index (χ0v) is 14.2. The van der Waals surface area contributed by atoms with Gasteiger partial charge in [0.2, 0.25) is 5.91 Å². The summed E-state index contributed by atoms with van der Waals surface area (Å²) in [6.07, 6.45) is 0.264. The summed E-state index contributed by atoms with van der Waals surface area (Å²) in [7, 11) is -2.05. The minimum Gasteiger partial charge on any atom is -0.359 e. The second kappa shape index (κ2) is 6.83. The second-order valence-corrected chi connectivity index (χ2v) is 7.07. The lowest BCUT2D eigenvalue weighted by atomic mass is 10.1. The predicted molar refractivity (Wildman–Crippen MR) is 90.9 cm³/mol. The van der Waals surface area contributed by atoms with Crippen LogP contribution >= 0.6 is 0 Å². The third kappa shape index (κ3) is 4.32. The van der Waals surface area contributed by atoms with E-state index in [0.717, 1.165) is 11.1 Å². The van der Waals surface area contributed by atoms with Crippen LogP contribution in [0.3, 0.4) is 0 Å². The first-order valence-corrected chi connectivity index (χ1v) is 8.70. The van der Waals surface area contributed by atoms with Crippen molar-refractivity contribution in [2.24, 2.45) is 0 Å². The van der Waals surface area contributed by atoms with Crippen LogP contribution < -0.4 is 10.0 Å². The summed E-state index contributed by atoms with van der Waals surface area (Å²) >= 11 is 0. The number of sulfonamides is 1. The number of carbonyl (C=O) groups is 1. The van der Waals surface area contributed by atoms with Gasteiger partial charge in [-0.05, 0) is 43.2 Å². The van der Waals surface area contributed by atoms with Crippen molar-refractivity contribution in [2.45, 2.75) is 25.2 Å². The highest BCUT2D eigenvalue weighted by Crippen LogP contribution is 2.20. The van der Waals surface area contributed by atoms with Crippen LogP contribution in [0.1, 0.15) is 16.7 Å². The van der Waals surface area contributed by atoms with Crippen LogP contribution in [0.4, 0.5) is 5.69 Å². The molecule has 0 aliphatic rings. The summed E-state index contributed by atoms with van der Waals surface area (Å²) in [4.78, 5) is 11.6. The molecule has 0 bridgehead atoms. The quantitative estimate of drug-likeness (QED) is 0.883. The van der Waals surface area contributed by atoms with Gasteiger partial charge in [-0.25, -0.2) is 8.42 Å². The van der Waals surface area contributed by atoms with Gasteiger partial charge in [0.25, 0.3) is 10.0 Å². The van der Waals surface area contributed by atoms with Crippen LogP contribution in [0.2, 0.25) is 0 Å². The maximum absolute atomic E-state index is 12.5. The molecule has 0 radical (unpaired) electrons. The maximum atomic E-state index is 12.5. The normalized spacial score (nSPS) is 11.1. The fourth-order valence-electron chi connectivity index (χ4n) is 2.28. The van der Waals surface area contributed by atoms with Gasteiger partial charge in [0.05, 0.1) is 11.3 Å². The van der Waals surface area contributed by atoms with Crippen LogP contribution in [0, 0.1) is 13.8 Å². The van der Waals surface area contributed by atoms with E-state index in [0.29, 0.717) is 11.3 Å². The molecule has 5 nitrogen and oxygen atoms in total. The number of likely N-dealkylation sites (N-methyl/N-ethyl adjacent to an activating group) is 1. The van der Waals surface area contributed by atoms with Crippen molar-refractivity contribution in [3.8, 4) is 0 Å². The zero-order chi connectivity index (χ0) is 17.0. The molecular formula is C17H20N2O3S. The van der Waals surface area contributed by atoms with Crippen molar-refractivity contribution in [1.82, 2.24) is 5.32 Å². The Morgan fingerprint density at radius 2 is 1.70 bits per heavy atom. The number of aryl methyl sites for hydroxylation is 2. The summed E-state index contributed by atoms with van der Waals surface area (Å²) in [5.41, 5.74) is 3.00. The lowest BCUT2D eigenvalue weighted by Gasteiger charge is -2.11. The van der Waals surface area contributed by atoms with E-state index in [1.54, 1.807) is 50.4 Å². The third-order valence-electron chi connectivity index (χ3n) is 3.47. The third-order valence-corrected chi connectivity index (χ3v) is 5.01. The Morgan fingerprint density at radius 3 is 2.26 bits per heavy atom. The van der Waals surface area contributed by atoms with Crippen molar-refractivity contribution in [2.75, 3.05) is 11.8 Å². The number of rotatable bonds is 5. The molecule has 2 N–H and O–H groups in total. The Labute approximate surface area is 136 Å². The molecule has 2 aromatic carbocycles. The van der Waals surface area contributed by atoms with Gasteiger partial charge in [0, 0.05) is 12.7 Å². The Morgan fingerprint density at radius 1 is 1.04 bits per heavy atom. The standard InChI is InChI=1S/C17H20N2O3S/c1-12-4-9-16(13(2)10-12)23(21,22)19-15-7-5-14(6-8-15)11-17(20)18-3/h4-10,19H,11H2,1-3H3,(H,18,20). The van der Waals surface area contributed by atoms with E-state index in [1.807, 2.05) is 13.0 Å². The first kappa shape index (κ1) is 17.0. The van der Waals surface area contributed by atoms with E-state index in [9.17, 15) is 13.2 Å². The van der Waals surface area contributed by atoms with Crippen LogP contribution in [-0.4, -0.2) is 21.4 Å². The minimum absolute atomic E-state index is 0.0892. The minimum atomic E-state index is -3.63. The molecule has 0 spiro atoms. The smallest absolute Gasteiger partial charge is 0.262 e. The SMILES string of the molecule is CNC(=O)Cc1ccc(NS(=O)(=O)c2ccc(C)cc2C)cc1. The molecule has 0 saturated carbocycles. The van der Waals surface area contributed by atoms with Gasteiger partial charge >= 0.3 is 0 Å². The number of nitrogens with one attached hydrogen (secondary N) is 2. The average Bonchev–Trinajstić information content (AvgIpc) is 2.48. The van der Waals surface area contributed by atoms with Crippen molar-refractivity contribution < 1.29 is 13.2 Å². The molecular weight excluding hydrogens is 312 g/mol. The van der Waals surface area contributed by atoms with E-state index in [-0.39, 0.29) is 17.2 Å². The highest BCUT2D eigenvalue weighted by atomic mass is 32.2. The van der Waals surface area contributed by atoms with Crippen LogP contribution in [0.15, 0.2) is 47.4 Å². The van der Waals surface area contributed by atoms with E-state index in [2.05, 4.69) is 10.0 Å². The highest BCUT2D eigenvalue weighted by molar-refractivity contribution is 7.92. The molecule has 23 heavy (non-hydrogen) atoms. The number of amides is 1. The molecule has 0 fully saturated rings. The highest BCUT2D eigenvalue weighted by Gasteiger charge is 2.16. The number of hydrogen-bond donors (Lipinski definition) is 2. The van der Waals surface area contributed by atoms with E-state index < -0.39 is 10.0 Å². The molecule has 1 amide bonds. The summed E-state index contributed by atoms with van der Waals surface area (Å²) in [5, 5.41) is 2.55. The number of hydrogen-bond acceptors (Lipinski definition) is 3. The van der Waals surface area contributed by atoms with Crippen molar-refractivity contribution in [3.05, 3.63) is 59.2 Å². The van der Waals surface area contributed by atoms with Gasteiger partial charge in [-0.15, -0.1) is 0 Å². The molecule has 0 unspecified atom stereocenters. The predicted octanol–water partition coefficient (Wildman–Crippen LogP) is 2.39. The molecule has 6 heteroatoms.